The zero-order valence-corrected chi connectivity index (χ0v) is 33.6. The van der Waals surface area contributed by atoms with E-state index in [1.165, 1.54) is 10.8 Å². The molecule has 60 heavy (non-hydrogen) atoms. The van der Waals surface area contributed by atoms with E-state index < -0.39 is 34.5 Å². The molecule has 1 spiro atoms. The van der Waals surface area contributed by atoms with Crippen LogP contribution in [-0.2, 0) is 27.7 Å². The summed E-state index contributed by atoms with van der Waals surface area (Å²) < 4.78 is 48.5. The molecule has 1 atom stereocenters. The van der Waals surface area contributed by atoms with Gasteiger partial charge < -0.3 is 34.4 Å². The zero-order valence-electron chi connectivity index (χ0n) is 32.8. The first kappa shape index (κ1) is 39.6. The maximum atomic E-state index is 14.8. The van der Waals surface area contributed by atoms with E-state index in [9.17, 15) is 32.7 Å². The van der Waals surface area contributed by atoms with Gasteiger partial charge in [0.05, 0.1) is 35.2 Å². The number of hydrogen-bond donors (Lipinski definition) is 2. The highest BCUT2D eigenvalue weighted by Crippen LogP contribution is 2.51. The summed E-state index contributed by atoms with van der Waals surface area (Å²) in [6, 6.07) is 6.40. The fraction of sp³-hybridized carbons (Fsp3) is 0.450. The second-order valence-electron chi connectivity index (χ2n) is 15.9. The van der Waals surface area contributed by atoms with E-state index in [-0.39, 0.29) is 59.3 Å². The summed E-state index contributed by atoms with van der Waals surface area (Å²) >= 11 is 6.22. The van der Waals surface area contributed by atoms with Gasteiger partial charge in [-0.05, 0) is 68.9 Å². The molecule has 4 aromatic heterocycles. The number of ether oxygens (including phenoxy) is 1. The number of alkyl halides is 3. The van der Waals surface area contributed by atoms with Crippen molar-refractivity contribution in [3.8, 4) is 17.1 Å². The van der Waals surface area contributed by atoms with Crippen LogP contribution < -0.4 is 20.7 Å². The molecule has 2 amide bonds. The summed E-state index contributed by atoms with van der Waals surface area (Å²) in [7, 11) is 0. The van der Waals surface area contributed by atoms with Crippen molar-refractivity contribution in [1.29, 1.82) is 0 Å². The molecule has 3 fully saturated rings. The third kappa shape index (κ3) is 6.86. The molecule has 0 saturated carbocycles. The molecule has 5 aromatic rings. The Labute approximate surface area is 346 Å². The first-order valence-corrected chi connectivity index (χ1v) is 20.2. The van der Waals surface area contributed by atoms with E-state index in [0.29, 0.717) is 73.9 Å². The van der Waals surface area contributed by atoms with Crippen molar-refractivity contribution in [2.75, 3.05) is 67.6 Å². The van der Waals surface area contributed by atoms with Crippen LogP contribution in [0.15, 0.2) is 41.5 Å². The van der Waals surface area contributed by atoms with E-state index in [0.717, 1.165) is 43.5 Å². The highest BCUT2D eigenvalue weighted by molar-refractivity contribution is 6.33. The minimum atomic E-state index is -4.62. The Bertz CT molecular complexity index is 2600. The molecule has 314 valence electrons. The van der Waals surface area contributed by atoms with Gasteiger partial charge in [0.2, 0.25) is 11.7 Å². The smallest absolute Gasteiger partial charge is 0.416 e. The lowest BCUT2D eigenvalue weighted by Gasteiger charge is -2.39. The molecule has 4 aliphatic rings. The Morgan fingerprint density at radius 2 is 1.77 bits per heavy atom. The van der Waals surface area contributed by atoms with Crippen molar-refractivity contribution in [2.45, 2.75) is 63.6 Å². The number of amides is 2. The number of aryl methyl sites for hydroxylation is 1. The number of piperidine rings is 1. The average Bonchev–Trinajstić information content (AvgIpc) is 3.77. The van der Waals surface area contributed by atoms with Crippen LogP contribution in [0.3, 0.4) is 0 Å². The lowest BCUT2D eigenvalue weighted by molar-refractivity contribution is -0.137. The van der Waals surface area contributed by atoms with Crippen LogP contribution in [0.5, 0.6) is 5.75 Å². The van der Waals surface area contributed by atoms with E-state index in [1.54, 1.807) is 9.47 Å². The summed E-state index contributed by atoms with van der Waals surface area (Å²) in [6.07, 6.45) is -1.04. The lowest BCUT2D eigenvalue weighted by Crippen LogP contribution is -2.47. The number of carbonyl (C=O) groups excluding carboxylic acids is 2. The number of nitrogens with one attached hydrogen (secondary N) is 1. The van der Waals surface area contributed by atoms with Crippen LogP contribution in [-0.4, -0.2) is 108 Å². The van der Waals surface area contributed by atoms with Crippen molar-refractivity contribution >= 4 is 46.5 Å². The van der Waals surface area contributed by atoms with Gasteiger partial charge in [0.15, 0.2) is 23.1 Å². The van der Waals surface area contributed by atoms with Gasteiger partial charge in [-0.15, -0.1) is 5.10 Å². The minimum absolute atomic E-state index is 0.0131. The fourth-order valence-electron chi connectivity index (χ4n) is 9.04. The zero-order chi connectivity index (χ0) is 42.1. The highest BCUT2D eigenvalue weighted by Gasteiger charge is 2.49. The number of likely N-dealkylation sites (tertiary alicyclic amines) is 1. The number of rotatable bonds is 7. The highest BCUT2D eigenvalue weighted by atomic mass is 35.5. The van der Waals surface area contributed by atoms with Gasteiger partial charge in [0.1, 0.15) is 18.7 Å². The lowest BCUT2D eigenvalue weighted by atomic mass is 9.73. The fourth-order valence-corrected chi connectivity index (χ4v) is 9.27. The Balaban J connectivity index is 1.08. The first-order chi connectivity index (χ1) is 28.7. The molecular formula is C40H41ClF3N11O5. The second-order valence-corrected chi connectivity index (χ2v) is 16.3. The Kier molecular flexibility index (Phi) is 9.92. The molecule has 16 nitrogen and oxygen atoms in total. The molecule has 1 aromatic carbocycles. The largest absolute Gasteiger partial charge is 0.503 e. The number of anilines is 3. The van der Waals surface area contributed by atoms with Gasteiger partial charge in [-0.1, -0.05) is 18.5 Å². The van der Waals surface area contributed by atoms with Gasteiger partial charge in [0.25, 0.3) is 11.5 Å². The first-order valence-electron chi connectivity index (χ1n) is 19.8. The third-order valence-electron chi connectivity index (χ3n) is 12.2. The number of fused-ring (bicyclic) bond motifs is 3. The average molecular weight is 848 g/mol. The number of benzene rings is 1. The Morgan fingerprint density at radius 3 is 2.43 bits per heavy atom. The summed E-state index contributed by atoms with van der Waals surface area (Å²) in [5.41, 5.74) is 0.122. The standard InChI is InChI=1S/C40H41ClF3N11O5/c1-22-19-39(8-12-53(13-9-39)37(59)31-33(57)35(46-21-45-31)52-10-3-11-52)30-32(22)54(20-29(56)48-27-6-4-24(18-26(27)41)40(42,43)44)38-49-34(50-55(38)36(30)58)25-5-7-28(47-23(25)2)51-14-16-60-17-15-51/h4-7,18,21-22,57H,3,8-17,19-20H2,1-2H3,(H,48,56). The predicted molar refractivity (Wildman–Crippen MR) is 214 cm³/mol. The summed E-state index contributed by atoms with van der Waals surface area (Å²) in [5.74, 6) is -0.132. The van der Waals surface area contributed by atoms with Crippen LogP contribution >= 0.6 is 11.6 Å². The molecule has 3 saturated heterocycles. The number of halogens is 4. The quantitative estimate of drug-likeness (QED) is 0.229. The third-order valence-corrected chi connectivity index (χ3v) is 12.5. The molecule has 2 N–H and O–H groups in total. The Morgan fingerprint density at radius 1 is 1.02 bits per heavy atom. The summed E-state index contributed by atoms with van der Waals surface area (Å²) in [6.45, 7) is 7.97. The van der Waals surface area contributed by atoms with Crippen LogP contribution in [0, 0.1) is 6.92 Å². The summed E-state index contributed by atoms with van der Waals surface area (Å²) in [4.78, 5) is 66.1. The van der Waals surface area contributed by atoms with Crippen molar-refractivity contribution in [3.05, 3.63) is 80.2 Å². The summed E-state index contributed by atoms with van der Waals surface area (Å²) in [5, 5.41) is 18.1. The molecular weight excluding hydrogens is 807 g/mol. The number of nitrogens with zero attached hydrogens (tertiary/aromatic N) is 10. The number of hydrogen-bond acceptors (Lipinski definition) is 12. The van der Waals surface area contributed by atoms with E-state index >= 15 is 0 Å². The van der Waals surface area contributed by atoms with Crippen molar-refractivity contribution < 1.29 is 32.6 Å². The number of morpholine rings is 1. The number of carbonyl (C=O) groups is 2. The van der Waals surface area contributed by atoms with E-state index in [1.807, 2.05) is 30.9 Å². The Hall–Kier alpha value is -5.82. The van der Waals surface area contributed by atoms with Crippen molar-refractivity contribution in [3.63, 3.8) is 0 Å². The van der Waals surface area contributed by atoms with E-state index in [4.69, 9.17) is 31.4 Å². The molecule has 9 rings (SSSR count). The number of aromatic hydroxyl groups is 1. The molecule has 1 aliphatic carbocycles. The maximum Gasteiger partial charge on any atom is 0.416 e. The van der Waals surface area contributed by atoms with Crippen LogP contribution in [0.2, 0.25) is 5.02 Å². The van der Waals surface area contributed by atoms with Crippen molar-refractivity contribution in [1.82, 2.24) is 39.0 Å². The molecule has 0 radical (unpaired) electrons. The van der Waals surface area contributed by atoms with Gasteiger partial charge in [-0.2, -0.15) is 22.7 Å². The second kappa shape index (κ2) is 15.0. The van der Waals surface area contributed by atoms with Crippen LogP contribution in [0.4, 0.5) is 30.5 Å². The monoisotopic (exact) mass is 847 g/mol. The van der Waals surface area contributed by atoms with Gasteiger partial charge in [-0.3, -0.25) is 14.4 Å². The van der Waals surface area contributed by atoms with Gasteiger partial charge in [-0.25, -0.2) is 15.0 Å². The number of aromatic nitrogens is 7. The molecule has 7 heterocycles. The maximum absolute atomic E-state index is 14.8. The minimum Gasteiger partial charge on any atom is -0.503 e. The molecule has 3 aliphatic heterocycles. The van der Waals surface area contributed by atoms with E-state index in [2.05, 4.69) is 20.2 Å². The topological polar surface area (TPSA) is 176 Å². The number of pyridine rings is 1. The normalized spacial score (nSPS) is 18.8. The molecule has 1 unspecified atom stereocenters. The van der Waals surface area contributed by atoms with Crippen LogP contribution in [0.25, 0.3) is 17.2 Å². The van der Waals surface area contributed by atoms with Crippen molar-refractivity contribution in [2.24, 2.45) is 0 Å². The molecule has 0 bridgehead atoms. The SMILES string of the molecule is Cc1nc(N2CCOCC2)ccc1-c1nc2n(CC(=O)Nc3ccc(C(F)(F)F)cc3Cl)c3c(c(=O)n2n1)C1(CCN(C(=O)c2ncnc(N4CCC4)c2O)CC1)CC3C. The predicted octanol–water partition coefficient (Wildman–Crippen LogP) is 4.80. The van der Waals surface area contributed by atoms with Gasteiger partial charge >= 0.3 is 6.18 Å². The van der Waals surface area contributed by atoms with Gasteiger partial charge in [0, 0.05) is 61.5 Å². The van der Waals surface area contributed by atoms with Crippen LogP contribution in [0.1, 0.15) is 71.5 Å². The molecule has 20 heteroatoms.